The summed E-state index contributed by atoms with van der Waals surface area (Å²) in [5.74, 6) is 0.811. The average molecular weight is 341 g/mol. The third-order valence-electron chi connectivity index (χ3n) is 4.61. The van der Waals surface area contributed by atoms with Crippen LogP contribution in [0.2, 0.25) is 0 Å². The Bertz CT molecular complexity index is 931. The van der Waals surface area contributed by atoms with Crippen molar-refractivity contribution in [2.45, 2.75) is 6.04 Å². The van der Waals surface area contributed by atoms with Crippen LogP contribution in [0.3, 0.4) is 0 Å². The molecule has 1 aliphatic heterocycles. The van der Waals surface area contributed by atoms with Gasteiger partial charge in [-0.3, -0.25) is 9.69 Å². The summed E-state index contributed by atoms with van der Waals surface area (Å²) in [6, 6.07) is 27.6. The fourth-order valence-electron chi connectivity index (χ4n) is 3.29. The van der Waals surface area contributed by atoms with E-state index >= 15 is 0 Å². The zero-order chi connectivity index (χ0) is 17.9. The van der Waals surface area contributed by atoms with Crippen molar-refractivity contribution < 1.29 is 9.53 Å². The van der Waals surface area contributed by atoms with E-state index in [0.29, 0.717) is 0 Å². The molecule has 3 heteroatoms. The van der Waals surface area contributed by atoms with E-state index in [1.807, 2.05) is 83.8 Å². The van der Waals surface area contributed by atoms with Crippen molar-refractivity contribution in [3.05, 3.63) is 102 Å². The number of nitrogens with zero attached hydrogens (tertiary/aromatic N) is 1. The maximum Gasteiger partial charge on any atom is 0.257 e. The maximum atomic E-state index is 12.9. The second-order valence-electron chi connectivity index (χ2n) is 6.20. The molecule has 0 radical (unpaired) electrons. The summed E-state index contributed by atoms with van der Waals surface area (Å²) in [5.41, 5.74) is 3.81. The molecule has 1 heterocycles. The molecular weight excluding hydrogens is 322 g/mol. The zero-order valence-corrected chi connectivity index (χ0v) is 14.5. The molecule has 128 valence electrons. The number of carbonyl (C=O) groups excluding carboxylic acids is 1. The van der Waals surface area contributed by atoms with Gasteiger partial charge in [-0.2, -0.15) is 0 Å². The topological polar surface area (TPSA) is 29.5 Å². The molecule has 0 spiro atoms. The molecule has 26 heavy (non-hydrogen) atoms. The Morgan fingerprint density at radius 3 is 2.08 bits per heavy atom. The van der Waals surface area contributed by atoms with E-state index in [1.54, 1.807) is 7.11 Å². The van der Waals surface area contributed by atoms with Gasteiger partial charge in [0.25, 0.3) is 5.91 Å². The van der Waals surface area contributed by atoms with Gasteiger partial charge in [-0.1, -0.05) is 60.7 Å². The normalized spacial score (nSPS) is 17.9. The van der Waals surface area contributed by atoms with Crippen LogP contribution in [0.1, 0.15) is 17.2 Å². The summed E-state index contributed by atoms with van der Waals surface area (Å²) in [5, 5.41) is 0. The van der Waals surface area contributed by atoms with Crippen molar-refractivity contribution in [2.24, 2.45) is 0 Å². The molecule has 4 rings (SSSR count). The number of methoxy groups -OCH3 is 1. The Labute approximate surface area is 153 Å². The molecule has 1 fully saturated rings. The second-order valence-corrected chi connectivity index (χ2v) is 6.20. The Morgan fingerprint density at radius 2 is 1.46 bits per heavy atom. The highest BCUT2D eigenvalue weighted by Crippen LogP contribution is 2.44. The molecule has 3 nitrogen and oxygen atoms in total. The largest absolute Gasteiger partial charge is 0.497 e. The molecule has 1 atom stereocenters. The number of ether oxygens (including phenoxy) is 1. The van der Waals surface area contributed by atoms with E-state index < -0.39 is 0 Å². The van der Waals surface area contributed by atoms with E-state index in [4.69, 9.17) is 4.74 Å². The van der Waals surface area contributed by atoms with E-state index in [9.17, 15) is 4.79 Å². The Morgan fingerprint density at radius 1 is 0.846 bits per heavy atom. The fraction of sp³-hybridized carbons (Fsp3) is 0.0870. The lowest BCUT2D eigenvalue weighted by Crippen LogP contribution is -2.49. The van der Waals surface area contributed by atoms with Gasteiger partial charge in [-0.05, 0) is 41.5 Å². The quantitative estimate of drug-likeness (QED) is 0.501. The van der Waals surface area contributed by atoms with Gasteiger partial charge in [-0.25, -0.2) is 0 Å². The predicted molar refractivity (Wildman–Crippen MR) is 104 cm³/mol. The monoisotopic (exact) mass is 341 g/mol. The van der Waals surface area contributed by atoms with Crippen molar-refractivity contribution in [2.75, 3.05) is 12.0 Å². The summed E-state index contributed by atoms with van der Waals surface area (Å²) in [7, 11) is 1.64. The predicted octanol–water partition coefficient (Wildman–Crippen LogP) is 4.87. The first kappa shape index (κ1) is 16.2. The first-order chi connectivity index (χ1) is 12.8. The van der Waals surface area contributed by atoms with E-state index in [1.165, 1.54) is 0 Å². The van der Waals surface area contributed by atoms with E-state index in [-0.39, 0.29) is 11.9 Å². The van der Waals surface area contributed by atoms with Gasteiger partial charge in [0, 0.05) is 11.3 Å². The molecule has 0 bridgehead atoms. The first-order valence-electron chi connectivity index (χ1n) is 8.57. The van der Waals surface area contributed by atoms with Crippen LogP contribution in [-0.2, 0) is 4.79 Å². The zero-order valence-electron chi connectivity index (χ0n) is 14.5. The van der Waals surface area contributed by atoms with E-state index in [0.717, 1.165) is 28.1 Å². The number of benzene rings is 3. The lowest BCUT2D eigenvalue weighted by molar-refractivity contribution is -0.118. The molecule has 1 amide bonds. The maximum absolute atomic E-state index is 12.9. The van der Waals surface area contributed by atoms with Crippen LogP contribution in [0.25, 0.3) is 6.08 Å². The number of amides is 1. The van der Waals surface area contributed by atoms with Crippen LogP contribution in [0.15, 0.2) is 90.5 Å². The SMILES string of the molecule is COc1ccc(N2C(=O)/C(=C/c3ccccc3)C2c2ccccc2)cc1. The molecule has 0 N–H and O–H groups in total. The molecule has 1 aliphatic rings. The van der Waals surface area contributed by atoms with Crippen LogP contribution < -0.4 is 9.64 Å². The smallest absolute Gasteiger partial charge is 0.257 e. The highest BCUT2D eigenvalue weighted by Gasteiger charge is 2.43. The summed E-state index contributed by atoms with van der Waals surface area (Å²) in [6.45, 7) is 0. The minimum atomic E-state index is -0.0858. The first-order valence-corrected chi connectivity index (χ1v) is 8.57. The fourth-order valence-corrected chi connectivity index (χ4v) is 3.29. The third-order valence-corrected chi connectivity index (χ3v) is 4.61. The van der Waals surface area contributed by atoms with Crippen LogP contribution in [-0.4, -0.2) is 13.0 Å². The van der Waals surface area contributed by atoms with Crippen molar-refractivity contribution in [1.82, 2.24) is 0 Å². The molecular formula is C23H19NO2. The lowest BCUT2D eigenvalue weighted by atomic mass is 9.86. The lowest BCUT2D eigenvalue weighted by Gasteiger charge is -2.43. The van der Waals surface area contributed by atoms with Crippen LogP contribution in [0.4, 0.5) is 5.69 Å². The number of carbonyl (C=O) groups is 1. The van der Waals surface area contributed by atoms with Gasteiger partial charge < -0.3 is 4.74 Å². The third kappa shape index (κ3) is 2.88. The van der Waals surface area contributed by atoms with Crippen molar-refractivity contribution in [3.63, 3.8) is 0 Å². The highest BCUT2D eigenvalue weighted by molar-refractivity contribution is 6.18. The summed E-state index contributed by atoms with van der Waals surface area (Å²) < 4.78 is 5.22. The van der Waals surface area contributed by atoms with Gasteiger partial charge in [0.15, 0.2) is 0 Å². The number of rotatable bonds is 4. The van der Waals surface area contributed by atoms with Gasteiger partial charge >= 0.3 is 0 Å². The number of β-lactam (4-membered cyclic amide) rings is 1. The molecule has 3 aromatic rings. The highest BCUT2D eigenvalue weighted by atomic mass is 16.5. The minimum Gasteiger partial charge on any atom is -0.497 e. The van der Waals surface area contributed by atoms with Gasteiger partial charge in [0.1, 0.15) is 5.75 Å². The summed E-state index contributed by atoms with van der Waals surface area (Å²) in [4.78, 5) is 14.8. The van der Waals surface area contributed by atoms with Gasteiger partial charge in [0.2, 0.25) is 0 Å². The molecule has 0 aliphatic carbocycles. The van der Waals surface area contributed by atoms with Gasteiger partial charge in [-0.15, -0.1) is 0 Å². The van der Waals surface area contributed by atoms with Crippen molar-refractivity contribution >= 4 is 17.7 Å². The standard InChI is InChI=1S/C23H19NO2/c1-26-20-14-12-19(13-15-20)24-22(18-10-6-3-7-11-18)21(23(24)25)16-17-8-4-2-5-9-17/h2-16,22H,1H3/b21-16+. The minimum absolute atomic E-state index is 0.0351. The summed E-state index contributed by atoms with van der Waals surface area (Å²) in [6.07, 6.45) is 1.99. The molecule has 0 saturated carbocycles. The Hall–Kier alpha value is -3.33. The molecule has 1 unspecified atom stereocenters. The second kappa shape index (κ2) is 6.89. The number of hydrogen-bond acceptors (Lipinski definition) is 2. The van der Waals surface area contributed by atoms with Crippen LogP contribution in [0.5, 0.6) is 5.75 Å². The number of hydrogen-bond donors (Lipinski definition) is 0. The molecule has 0 aromatic heterocycles. The molecule has 3 aromatic carbocycles. The van der Waals surface area contributed by atoms with Crippen molar-refractivity contribution in [1.29, 1.82) is 0 Å². The average Bonchev–Trinajstić information content (AvgIpc) is 2.71. The Balaban J connectivity index is 1.74. The van der Waals surface area contributed by atoms with Crippen LogP contribution >= 0.6 is 0 Å². The molecule has 1 saturated heterocycles. The van der Waals surface area contributed by atoms with Gasteiger partial charge in [0.05, 0.1) is 13.2 Å². The van der Waals surface area contributed by atoms with E-state index in [2.05, 4.69) is 12.1 Å². The van der Waals surface area contributed by atoms with Crippen LogP contribution in [0, 0.1) is 0 Å². The van der Waals surface area contributed by atoms with Crippen molar-refractivity contribution in [3.8, 4) is 5.75 Å². The summed E-state index contributed by atoms with van der Waals surface area (Å²) >= 11 is 0. The number of anilines is 1. The Kier molecular flexibility index (Phi) is 4.28.